The Morgan fingerprint density at radius 1 is 1.26 bits per heavy atom. The van der Waals surface area contributed by atoms with Crippen LogP contribution in [-0.2, 0) is 9.47 Å². The lowest BCUT2D eigenvalue weighted by molar-refractivity contribution is 0.0882. The maximum absolute atomic E-state index is 5.69. The molecule has 19 heavy (non-hydrogen) atoms. The molecule has 2 saturated heterocycles. The lowest BCUT2D eigenvalue weighted by atomic mass is 9.85. The van der Waals surface area contributed by atoms with Crippen LogP contribution in [-0.4, -0.2) is 63.0 Å². The minimum Gasteiger partial charge on any atom is -0.381 e. The zero-order valence-electron chi connectivity index (χ0n) is 13.0. The summed E-state index contributed by atoms with van der Waals surface area (Å²) in [5, 5.41) is 3.66. The molecule has 2 atom stereocenters. The van der Waals surface area contributed by atoms with Gasteiger partial charge in [-0.05, 0) is 40.7 Å². The van der Waals surface area contributed by atoms with Gasteiger partial charge < -0.3 is 19.7 Å². The van der Waals surface area contributed by atoms with Crippen LogP contribution in [0.1, 0.15) is 33.6 Å². The first kappa shape index (κ1) is 15.2. The van der Waals surface area contributed by atoms with Crippen molar-refractivity contribution in [3.05, 3.63) is 0 Å². The number of hydrogen-bond acceptors (Lipinski definition) is 4. The summed E-state index contributed by atoms with van der Waals surface area (Å²) in [4.78, 5) is 2.48. The third-order valence-corrected chi connectivity index (χ3v) is 4.29. The Morgan fingerprint density at radius 2 is 2.05 bits per heavy atom. The van der Waals surface area contributed by atoms with Crippen LogP contribution in [0.3, 0.4) is 0 Å². The van der Waals surface area contributed by atoms with E-state index in [9.17, 15) is 0 Å². The predicted octanol–water partition coefficient (Wildman–Crippen LogP) is 1.50. The van der Waals surface area contributed by atoms with Gasteiger partial charge in [-0.1, -0.05) is 0 Å². The second-order valence-corrected chi connectivity index (χ2v) is 7.34. The molecule has 0 aromatic rings. The van der Waals surface area contributed by atoms with Crippen LogP contribution in [0.5, 0.6) is 0 Å². The predicted molar refractivity (Wildman–Crippen MR) is 77.5 cm³/mol. The molecule has 2 fully saturated rings. The maximum atomic E-state index is 5.69. The topological polar surface area (TPSA) is 33.7 Å². The van der Waals surface area contributed by atoms with E-state index in [2.05, 4.69) is 38.0 Å². The Kier molecular flexibility index (Phi) is 4.88. The highest BCUT2D eigenvalue weighted by Crippen LogP contribution is 2.30. The number of likely N-dealkylation sites (N-methyl/N-ethyl adjacent to an activating group) is 1. The standard InChI is InChI=1S/C15H30N2O2/c1-14(2,3)16-10-15(6-8-19-12-15)11-17(4)13-5-7-18-9-13/h13,16H,5-12H2,1-4H3. The quantitative estimate of drug-likeness (QED) is 0.821. The summed E-state index contributed by atoms with van der Waals surface area (Å²) in [6.07, 6.45) is 2.33. The highest BCUT2D eigenvalue weighted by Gasteiger charge is 2.38. The molecule has 2 heterocycles. The molecule has 0 radical (unpaired) electrons. The Hall–Kier alpha value is -0.160. The SMILES string of the molecule is CN(CC1(CNC(C)(C)C)CCOC1)C1CCOC1. The molecule has 1 N–H and O–H groups in total. The molecule has 0 amide bonds. The van der Waals surface area contributed by atoms with Gasteiger partial charge in [-0.3, -0.25) is 0 Å². The largest absolute Gasteiger partial charge is 0.381 e. The van der Waals surface area contributed by atoms with Gasteiger partial charge in [0, 0.05) is 43.3 Å². The molecule has 2 aliphatic rings. The molecule has 0 spiro atoms. The molecular weight excluding hydrogens is 240 g/mol. The summed E-state index contributed by atoms with van der Waals surface area (Å²) in [5.41, 5.74) is 0.440. The van der Waals surface area contributed by atoms with Crippen LogP contribution < -0.4 is 5.32 Å². The molecular formula is C15H30N2O2. The van der Waals surface area contributed by atoms with Gasteiger partial charge in [0.15, 0.2) is 0 Å². The van der Waals surface area contributed by atoms with Gasteiger partial charge in [0.2, 0.25) is 0 Å². The smallest absolute Gasteiger partial charge is 0.0622 e. The summed E-state index contributed by atoms with van der Waals surface area (Å²) >= 11 is 0. The second kappa shape index (κ2) is 6.08. The molecule has 4 nitrogen and oxygen atoms in total. The van der Waals surface area contributed by atoms with Crippen molar-refractivity contribution in [2.24, 2.45) is 5.41 Å². The van der Waals surface area contributed by atoms with Gasteiger partial charge in [0.25, 0.3) is 0 Å². The molecule has 2 aliphatic heterocycles. The summed E-state index contributed by atoms with van der Waals surface area (Å²) in [7, 11) is 2.23. The van der Waals surface area contributed by atoms with E-state index in [1.807, 2.05) is 0 Å². The summed E-state index contributed by atoms with van der Waals surface area (Å²) in [6, 6.07) is 0.590. The first-order valence-corrected chi connectivity index (χ1v) is 7.51. The van der Waals surface area contributed by atoms with Crippen LogP contribution in [0.25, 0.3) is 0 Å². The van der Waals surface area contributed by atoms with E-state index >= 15 is 0 Å². The second-order valence-electron chi connectivity index (χ2n) is 7.34. The van der Waals surface area contributed by atoms with Crippen molar-refractivity contribution in [1.29, 1.82) is 0 Å². The third kappa shape index (κ3) is 4.42. The Labute approximate surface area is 117 Å². The number of hydrogen-bond donors (Lipinski definition) is 1. The molecule has 0 aliphatic carbocycles. The van der Waals surface area contributed by atoms with Gasteiger partial charge in [-0.25, -0.2) is 0 Å². The minimum atomic E-state index is 0.171. The summed E-state index contributed by atoms with van der Waals surface area (Å²) in [5.74, 6) is 0. The van der Waals surface area contributed by atoms with E-state index in [-0.39, 0.29) is 11.0 Å². The minimum absolute atomic E-state index is 0.171. The van der Waals surface area contributed by atoms with E-state index in [0.717, 1.165) is 45.9 Å². The van der Waals surface area contributed by atoms with Gasteiger partial charge in [-0.2, -0.15) is 0 Å². The van der Waals surface area contributed by atoms with Gasteiger partial charge in [-0.15, -0.1) is 0 Å². The van der Waals surface area contributed by atoms with E-state index in [1.165, 1.54) is 6.42 Å². The van der Waals surface area contributed by atoms with Crippen molar-refractivity contribution in [1.82, 2.24) is 10.2 Å². The Balaban J connectivity index is 1.90. The van der Waals surface area contributed by atoms with E-state index in [0.29, 0.717) is 6.04 Å². The Bertz CT molecular complexity index is 276. The molecule has 0 aromatic heterocycles. The summed E-state index contributed by atoms with van der Waals surface area (Å²) < 4.78 is 11.2. The maximum Gasteiger partial charge on any atom is 0.0622 e. The molecule has 0 aromatic carbocycles. The van der Waals surface area contributed by atoms with Crippen molar-refractivity contribution in [3.8, 4) is 0 Å². The van der Waals surface area contributed by atoms with Crippen LogP contribution >= 0.6 is 0 Å². The fourth-order valence-corrected chi connectivity index (χ4v) is 2.95. The molecule has 4 heteroatoms. The first-order chi connectivity index (χ1) is 8.90. The molecule has 0 saturated carbocycles. The normalized spacial score (nSPS) is 32.4. The monoisotopic (exact) mass is 270 g/mol. The van der Waals surface area contributed by atoms with Crippen molar-refractivity contribution < 1.29 is 9.47 Å². The van der Waals surface area contributed by atoms with Crippen molar-refractivity contribution in [2.45, 2.75) is 45.2 Å². The number of rotatable bonds is 5. The zero-order chi connectivity index (χ0) is 13.9. The van der Waals surface area contributed by atoms with Crippen molar-refractivity contribution in [3.63, 3.8) is 0 Å². The number of nitrogens with zero attached hydrogens (tertiary/aromatic N) is 1. The van der Waals surface area contributed by atoms with E-state index in [4.69, 9.17) is 9.47 Å². The number of nitrogens with one attached hydrogen (secondary N) is 1. The molecule has 112 valence electrons. The Morgan fingerprint density at radius 3 is 2.58 bits per heavy atom. The van der Waals surface area contributed by atoms with Crippen LogP contribution in [0.15, 0.2) is 0 Å². The average molecular weight is 270 g/mol. The first-order valence-electron chi connectivity index (χ1n) is 7.51. The van der Waals surface area contributed by atoms with Crippen LogP contribution in [0.2, 0.25) is 0 Å². The fraction of sp³-hybridized carbons (Fsp3) is 1.00. The number of ether oxygens (including phenoxy) is 2. The van der Waals surface area contributed by atoms with Gasteiger partial charge in [0.1, 0.15) is 0 Å². The average Bonchev–Trinajstić information content (AvgIpc) is 2.97. The lowest BCUT2D eigenvalue weighted by Gasteiger charge is -2.37. The summed E-state index contributed by atoms with van der Waals surface area (Å²) in [6.45, 7) is 12.4. The van der Waals surface area contributed by atoms with Crippen LogP contribution in [0, 0.1) is 5.41 Å². The molecule has 0 bridgehead atoms. The highest BCUT2D eigenvalue weighted by atomic mass is 16.5. The highest BCUT2D eigenvalue weighted by molar-refractivity contribution is 4.91. The van der Waals surface area contributed by atoms with E-state index < -0.39 is 0 Å². The molecule has 2 unspecified atom stereocenters. The van der Waals surface area contributed by atoms with Crippen molar-refractivity contribution >= 4 is 0 Å². The van der Waals surface area contributed by atoms with Gasteiger partial charge >= 0.3 is 0 Å². The van der Waals surface area contributed by atoms with Crippen molar-refractivity contribution in [2.75, 3.05) is 46.6 Å². The lowest BCUT2D eigenvalue weighted by Crippen LogP contribution is -2.50. The fourth-order valence-electron chi connectivity index (χ4n) is 2.95. The van der Waals surface area contributed by atoms with Crippen LogP contribution in [0.4, 0.5) is 0 Å². The van der Waals surface area contributed by atoms with E-state index in [1.54, 1.807) is 0 Å². The molecule has 2 rings (SSSR count). The van der Waals surface area contributed by atoms with Gasteiger partial charge in [0.05, 0.1) is 13.2 Å². The zero-order valence-corrected chi connectivity index (χ0v) is 13.0. The third-order valence-electron chi connectivity index (χ3n) is 4.29.